The highest BCUT2D eigenvalue weighted by Gasteiger charge is 2.12. The second-order valence-electron chi connectivity index (χ2n) is 8.17. The first-order valence-corrected chi connectivity index (χ1v) is 14.4. The second kappa shape index (κ2) is 13.1. The summed E-state index contributed by atoms with van der Waals surface area (Å²) in [6, 6.07) is 21.7. The van der Waals surface area contributed by atoms with E-state index in [9.17, 15) is 15.0 Å². The number of carbonyl (C=O) groups excluding carboxylic acids is 1. The van der Waals surface area contributed by atoms with E-state index in [-0.39, 0.29) is 17.9 Å². The van der Waals surface area contributed by atoms with Gasteiger partial charge in [-0.25, -0.2) is 0 Å². The number of phenols is 2. The van der Waals surface area contributed by atoms with Crippen LogP contribution in [-0.2, 0) is 22.5 Å². The van der Waals surface area contributed by atoms with Crippen LogP contribution >= 0.6 is 63.7 Å². The van der Waals surface area contributed by atoms with Crippen molar-refractivity contribution in [3.63, 3.8) is 0 Å². The van der Waals surface area contributed by atoms with Crippen LogP contribution in [0.15, 0.2) is 90.7 Å². The quantitative estimate of drug-likeness (QED) is 0.0584. The van der Waals surface area contributed by atoms with E-state index in [0.717, 1.165) is 16.7 Å². The van der Waals surface area contributed by atoms with Crippen LogP contribution in [0.3, 0.4) is 0 Å². The third-order valence-corrected chi connectivity index (χ3v) is 7.82. The van der Waals surface area contributed by atoms with Gasteiger partial charge in [0.1, 0.15) is 17.2 Å². The highest BCUT2D eigenvalue weighted by molar-refractivity contribution is 9.11. The molecule has 196 valence electrons. The van der Waals surface area contributed by atoms with Crippen molar-refractivity contribution in [2.75, 3.05) is 6.61 Å². The van der Waals surface area contributed by atoms with Crippen LogP contribution in [-0.4, -0.2) is 22.8 Å². The molecule has 38 heavy (non-hydrogen) atoms. The van der Waals surface area contributed by atoms with E-state index in [0.29, 0.717) is 48.0 Å². The van der Waals surface area contributed by atoms with Gasteiger partial charge in [-0.2, -0.15) is 4.89 Å². The van der Waals surface area contributed by atoms with Crippen molar-refractivity contribution in [3.05, 3.63) is 102 Å². The minimum atomic E-state index is -0.408. The summed E-state index contributed by atoms with van der Waals surface area (Å²) in [7, 11) is 0. The van der Waals surface area contributed by atoms with Gasteiger partial charge >= 0.3 is 5.97 Å². The van der Waals surface area contributed by atoms with Crippen molar-refractivity contribution in [1.29, 1.82) is 0 Å². The fourth-order valence-electron chi connectivity index (χ4n) is 3.50. The zero-order valence-corrected chi connectivity index (χ0v) is 25.9. The Morgan fingerprint density at radius 1 is 0.658 bits per heavy atom. The molecule has 4 aromatic rings. The van der Waals surface area contributed by atoms with E-state index in [1.807, 2.05) is 48.5 Å². The van der Waals surface area contributed by atoms with Crippen LogP contribution < -0.4 is 9.62 Å². The molecule has 0 atom stereocenters. The third kappa shape index (κ3) is 7.60. The van der Waals surface area contributed by atoms with Crippen molar-refractivity contribution in [3.8, 4) is 34.1 Å². The maximum Gasteiger partial charge on any atom is 0.315 e. The molecule has 0 heterocycles. The maximum atomic E-state index is 12.4. The molecule has 4 rings (SSSR count). The molecule has 0 amide bonds. The van der Waals surface area contributed by atoms with E-state index in [4.69, 9.17) is 14.5 Å². The first kappa shape index (κ1) is 28.6. The SMILES string of the molecule is O=C(Cc1cc(Br)c(O)c(Br)c1)Oc1ccc(-c2ccc(OOCCc3cc(Br)c(O)c(Br)c3)cc2)cc1. The van der Waals surface area contributed by atoms with Crippen LogP contribution in [0.5, 0.6) is 23.0 Å². The van der Waals surface area contributed by atoms with Crippen LogP contribution in [0.1, 0.15) is 11.1 Å². The fourth-order valence-corrected chi connectivity index (χ4v) is 6.07. The Kier molecular flexibility index (Phi) is 9.89. The van der Waals surface area contributed by atoms with Gasteiger partial charge in [0.05, 0.1) is 30.9 Å². The van der Waals surface area contributed by atoms with E-state index in [1.165, 1.54) is 0 Å². The second-order valence-corrected chi connectivity index (χ2v) is 11.6. The summed E-state index contributed by atoms with van der Waals surface area (Å²) in [5.41, 5.74) is 3.60. The Labute approximate surface area is 253 Å². The smallest absolute Gasteiger partial charge is 0.315 e. The molecule has 0 bridgehead atoms. The highest BCUT2D eigenvalue weighted by atomic mass is 79.9. The van der Waals surface area contributed by atoms with Crippen molar-refractivity contribution in [1.82, 2.24) is 0 Å². The predicted molar refractivity (Wildman–Crippen MR) is 159 cm³/mol. The molecule has 0 aromatic heterocycles. The number of phenolic OH excluding ortho intramolecular Hbond substituents is 2. The number of hydrogen-bond donors (Lipinski definition) is 2. The highest BCUT2D eigenvalue weighted by Crippen LogP contribution is 2.34. The summed E-state index contributed by atoms with van der Waals surface area (Å²) < 4.78 is 7.68. The summed E-state index contributed by atoms with van der Waals surface area (Å²) in [4.78, 5) is 23.1. The van der Waals surface area contributed by atoms with Gasteiger partial charge in [-0.15, -0.1) is 0 Å². The average molecular weight is 772 g/mol. The summed E-state index contributed by atoms with van der Waals surface area (Å²) in [6.07, 6.45) is 0.670. The van der Waals surface area contributed by atoms with E-state index in [2.05, 4.69) is 63.7 Å². The lowest BCUT2D eigenvalue weighted by atomic mass is 10.1. The zero-order chi connectivity index (χ0) is 27.2. The van der Waals surface area contributed by atoms with E-state index >= 15 is 0 Å². The first-order valence-electron chi connectivity index (χ1n) is 11.2. The number of halogens is 4. The van der Waals surface area contributed by atoms with Gasteiger partial charge in [-0.1, -0.05) is 24.3 Å². The van der Waals surface area contributed by atoms with Gasteiger partial charge in [0, 0.05) is 6.42 Å². The van der Waals surface area contributed by atoms with Crippen LogP contribution in [0.2, 0.25) is 0 Å². The fraction of sp³-hybridized carbons (Fsp3) is 0.107. The molecule has 0 spiro atoms. The molecule has 0 aliphatic carbocycles. The summed E-state index contributed by atoms with van der Waals surface area (Å²) in [6.45, 7) is 0.340. The monoisotopic (exact) mass is 768 g/mol. The standard InChI is InChI=1S/C28H20Br4O6/c29-22-11-16(12-23(30)27(22)34)9-10-36-38-21-7-3-19(4-8-21)18-1-5-20(6-2-18)37-26(33)15-17-13-24(31)28(35)25(32)14-17/h1-8,11-14,34-35H,9-10,15H2. The topological polar surface area (TPSA) is 85.2 Å². The van der Waals surface area contributed by atoms with E-state index < -0.39 is 5.97 Å². The van der Waals surface area contributed by atoms with Gasteiger partial charge in [0.25, 0.3) is 0 Å². The molecular weight excluding hydrogens is 752 g/mol. The minimum absolute atomic E-state index is 0.0623. The van der Waals surface area contributed by atoms with Gasteiger partial charge in [-0.3, -0.25) is 4.79 Å². The van der Waals surface area contributed by atoms with E-state index in [1.54, 1.807) is 24.3 Å². The lowest BCUT2D eigenvalue weighted by Gasteiger charge is -2.09. The Hall–Kier alpha value is -2.37. The Bertz CT molecular complexity index is 1390. The van der Waals surface area contributed by atoms with Crippen molar-refractivity contribution in [2.24, 2.45) is 0 Å². The molecule has 4 aromatic carbocycles. The van der Waals surface area contributed by atoms with Crippen LogP contribution in [0.25, 0.3) is 11.1 Å². The summed E-state index contributed by atoms with van der Waals surface area (Å²) in [5, 5.41) is 19.6. The number of aromatic hydroxyl groups is 2. The number of carbonyl (C=O) groups is 1. The molecule has 10 heteroatoms. The van der Waals surface area contributed by atoms with Crippen LogP contribution in [0.4, 0.5) is 0 Å². The number of rotatable bonds is 9. The lowest BCUT2D eigenvalue weighted by Crippen LogP contribution is -2.11. The van der Waals surface area contributed by atoms with Gasteiger partial charge < -0.3 is 19.8 Å². The summed E-state index contributed by atoms with van der Waals surface area (Å²) >= 11 is 13.2. The molecule has 2 N–H and O–H groups in total. The largest absolute Gasteiger partial charge is 0.506 e. The third-order valence-electron chi connectivity index (χ3n) is 5.40. The molecule has 0 aliphatic heterocycles. The van der Waals surface area contributed by atoms with Crippen molar-refractivity contribution < 1.29 is 29.5 Å². The van der Waals surface area contributed by atoms with Crippen molar-refractivity contribution >= 4 is 69.7 Å². The number of esters is 1. The van der Waals surface area contributed by atoms with Crippen molar-refractivity contribution in [2.45, 2.75) is 12.8 Å². The molecule has 0 radical (unpaired) electrons. The van der Waals surface area contributed by atoms with Gasteiger partial charge in [-0.05, 0) is 135 Å². The molecule has 0 fully saturated rings. The molecule has 0 saturated heterocycles. The Balaban J connectivity index is 1.27. The van der Waals surface area contributed by atoms with Crippen LogP contribution in [0, 0.1) is 0 Å². The normalized spacial score (nSPS) is 10.8. The number of ether oxygens (including phenoxy) is 1. The van der Waals surface area contributed by atoms with Gasteiger partial charge in [0.15, 0.2) is 5.75 Å². The molecule has 0 aliphatic rings. The molecule has 0 unspecified atom stereocenters. The Morgan fingerprint density at radius 3 is 1.61 bits per heavy atom. The zero-order valence-electron chi connectivity index (χ0n) is 19.6. The minimum Gasteiger partial charge on any atom is -0.506 e. The first-order chi connectivity index (χ1) is 18.2. The number of hydrogen-bond acceptors (Lipinski definition) is 6. The average Bonchev–Trinajstić information content (AvgIpc) is 2.89. The molecular formula is C28H20Br4O6. The summed E-state index contributed by atoms with van der Waals surface area (Å²) in [5.74, 6) is 0.845. The van der Waals surface area contributed by atoms with Gasteiger partial charge in [0.2, 0.25) is 0 Å². The molecule has 6 nitrogen and oxygen atoms in total. The number of benzene rings is 4. The predicted octanol–water partition coefficient (Wildman–Crippen LogP) is 8.52. The Morgan fingerprint density at radius 2 is 1.11 bits per heavy atom. The molecule has 0 saturated carbocycles. The lowest BCUT2D eigenvalue weighted by molar-refractivity contribution is -0.205. The maximum absolute atomic E-state index is 12.4.